The number of carbonyl (C=O) groups excluding carboxylic acids is 2. The second kappa shape index (κ2) is 10.4. The summed E-state index contributed by atoms with van der Waals surface area (Å²) in [6, 6.07) is 9.76. The van der Waals surface area contributed by atoms with Crippen LogP contribution in [0.5, 0.6) is 5.75 Å². The summed E-state index contributed by atoms with van der Waals surface area (Å²) in [6.07, 6.45) is 0.915. The Morgan fingerprint density at radius 1 is 1.26 bits per heavy atom. The second-order valence-electron chi connectivity index (χ2n) is 9.23. The number of ether oxygens (including phenoxy) is 1. The van der Waals surface area contributed by atoms with Crippen molar-refractivity contribution in [2.45, 2.75) is 39.4 Å². The van der Waals surface area contributed by atoms with Gasteiger partial charge in [-0.25, -0.2) is 9.78 Å². The Balaban J connectivity index is 1.48. The number of aromatic nitrogens is 5. The lowest BCUT2D eigenvalue weighted by Crippen LogP contribution is -2.34. The Kier molecular flexibility index (Phi) is 6.88. The average molecular weight is 533 g/mol. The van der Waals surface area contributed by atoms with Crippen LogP contribution in [0.4, 0.5) is 10.7 Å². The topological polar surface area (TPSA) is 170 Å². The monoisotopic (exact) mass is 532 g/mol. The molecule has 202 valence electrons. The van der Waals surface area contributed by atoms with Gasteiger partial charge in [-0.3, -0.25) is 24.6 Å². The maximum atomic E-state index is 13.3. The molecule has 0 fully saturated rings. The Morgan fingerprint density at radius 2 is 2.08 bits per heavy atom. The number of pyridine rings is 1. The van der Waals surface area contributed by atoms with Crippen molar-refractivity contribution in [2.24, 2.45) is 5.73 Å². The molecule has 1 aliphatic rings. The molecule has 0 radical (unpaired) electrons. The van der Waals surface area contributed by atoms with Crippen molar-refractivity contribution >= 4 is 34.9 Å². The number of imidazole rings is 1. The maximum absolute atomic E-state index is 13.3. The minimum atomic E-state index is -1.07. The van der Waals surface area contributed by atoms with Crippen LogP contribution in [-0.4, -0.2) is 65.4 Å². The Bertz CT molecular complexity index is 1560. The van der Waals surface area contributed by atoms with E-state index in [1.54, 1.807) is 54.2 Å². The number of carboxylic acid groups (broad SMARTS) is 1. The molecule has 4 N–H and O–H groups in total. The van der Waals surface area contributed by atoms with Crippen molar-refractivity contribution in [2.75, 3.05) is 18.5 Å². The first-order chi connectivity index (χ1) is 18.7. The molecule has 13 nitrogen and oxygen atoms in total. The fourth-order valence-electron chi connectivity index (χ4n) is 4.73. The number of carbonyl (C=O) groups is 3. The lowest BCUT2D eigenvalue weighted by atomic mass is 10.1. The van der Waals surface area contributed by atoms with E-state index in [0.29, 0.717) is 46.8 Å². The van der Waals surface area contributed by atoms with Crippen molar-refractivity contribution in [3.8, 4) is 5.75 Å². The van der Waals surface area contributed by atoms with Crippen LogP contribution in [0.1, 0.15) is 51.6 Å². The zero-order valence-electron chi connectivity index (χ0n) is 21.5. The first-order valence-corrected chi connectivity index (χ1v) is 12.5. The van der Waals surface area contributed by atoms with Gasteiger partial charge in [-0.05, 0) is 50.6 Å². The van der Waals surface area contributed by atoms with E-state index < -0.39 is 17.9 Å². The van der Waals surface area contributed by atoms with E-state index in [9.17, 15) is 19.5 Å². The van der Waals surface area contributed by atoms with E-state index >= 15 is 0 Å². The number of rotatable bonds is 9. The lowest BCUT2D eigenvalue weighted by Gasteiger charge is -2.29. The van der Waals surface area contributed by atoms with Crippen molar-refractivity contribution in [3.05, 3.63) is 65.2 Å². The van der Waals surface area contributed by atoms with Gasteiger partial charge in [0.1, 0.15) is 23.6 Å². The van der Waals surface area contributed by atoms with E-state index in [1.807, 2.05) is 11.5 Å². The molecule has 5 rings (SSSR count). The third kappa shape index (κ3) is 5.10. The van der Waals surface area contributed by atoms with E-state index in [2.05, 4.69) is 20.4 Å². The van der Waals surface area contributed by atoms with Crippen LogP contribution < -0.4 is 15.8 Å². The van der Waals surface area contributed by atoms with Crippen LogP contribution in [0.25, 0.3) is 11.0 Å². The van der Waals surface area contributed by atoms with Gasteiger partial charge in [0.15, 0.2) is 0 Å². The number of hydrogen-bond acceptors (Lipinski definition) is 7. The Labute approximate surface area is 223 Å². The standard InChI is InChI=1S/C26H28N8O5/c1-3-33-20(10-15(2)31-33)24(36)30-25-29-19-11-16(23(27)35)12-21-22(19)34(25)18(14-39-21)7-9-32(26(37)38)13-17-6-4-5-8-28-17/h4-6,8,10-12,18H,3,7,9,13-14H2,1-2H3,(H2,27,35)(H,37,38)(H,29,30,36)/t18-/m0/s1. The highest BCUT2D eigenvalue weighted by Gasteiger charge is 2.30. The highest BCUT2D eigenvalue weighted by atomic mass is 16.5. The third-order valence-electron chi connectivity index (χ3n) is 6.57. The number of aryl methyl sites for hydroxylation is 2. The molecular weight excluding hydrogens is 504 g/mol. The summed E-state index contributed by atoms with van der Waals surface area (Å²) in [4.78, 5) is 47.3. The smallest absolute Gasteiger partial charge is 0.407 e. The lowest BCUT2D eigenvalue weighted by molar-refractivity contribution is 0.0995. The van der Waals surface area contributed by atoms with Crippen molar-refractivity contribution in [1.82, 2.24) is 29.2 Å². The molecule has 0 unspecified atom stereocenters. The quantitative estimate of drug-likeness (QED) is 0.295. The Morgan fingerprint density at radius 3 is 2.77 bits per heavy atom. The zero-order chi connectivity index (χ0) is 27.7. The molecular formula is C26H28N8O5. The number of hydrogen-bond donors (Lipinski definition) is 3. The minimum Gasteiger partial charge on any atom is -0.489 e. The third-order valence-corrected chi connectivity index (χ3v) is 6.57. The molecule has 0 saturated heterocycles. The molecule has 0 saturated carbocycles. The molecule has 39 heavy (non-hydrogen) atoms. The number of amides is 3. The van der Waals surface area contributed by atoms with Crippen molar-refractivity contribution in [3.63, 3.8) is 0 Å². The number of anilines is 1. The normalized spacial score (nSPS) is 14.2. The summed E-state index contributed by atoms with van der Waals surface area (Å²) in [5, 5.41) is 17.0. The predicted molar refractivity (Wildman–Crippen MR) is 141 cm³/mol. The summed E-state index contributed by atoms with van der Waals surface area (Å²) in [5.41, 5.74) is 8.45. The van der Waals surface area contributed by atoms with Crippen LogP contribution in [0.2, 0.25) is 0 Å². The summed E-state index contributed by atoms with van der Waals surface area (Å²) in [7, 11) is 0. The SMILES string of the molecule is CCn1nc(C)cc1C(=O)Nc1nc2cc(C(N)=O)cc3c2n1[C@@H](CCN(Cc1ccccn1)C(=O)O)CO3. The predicted octanol–water partition coefficient (Wildman–Crippen LogP) is 2.81. The van der Waals surface area contributed by atoms with Crippen LogP contribution in [-0.2, 0) is 13.1 Å². The molecule has 0 bridgehead atoms. The molecule has 13 heteroatoms. The number of nitrogens with two attached hydrogens (primary N) is 1. The highest BCUT2D eigenvalue weighted by Crippen LogP contribution is 2.38. The van der Waals surface area contributed by atoms with Gasteiger partial charge in [-0.15, -0.1) is 0 Å². The van der Waals surface area contributed by atoms with Crippen molar-refractivity contribution in [1.29, 1.82) is 0 Å². The first kappa shape index (κ1) is 25.7. The average Bonchev–Trinajstić information content (AvgIpc) is 3.48. The van der Waals surface area contributed by atoms with Gasteiger partial charge in [0.05, 0.1) is 29.5 Å². The van der Waals surface area contributed by atoms with Gasteiger partial charge in [0.25, 0.3) is 5.91 Å². The summed E-state index contributed by atoms with van der Waals surface area (Å²) < 4.78 is 9.41. The maximum Gasteiger partial charge on any atom is 0.407 e. The van der Waals surface area contributed by atoms with Gasteiger partial charge >= 0.3 is 6.09 Å². The number of benzene rings is 1. The van der Waals surface area contributed by atoms with Gasteiger partial charge < -0.3 is 25.0 Å². The van der Waals surface area contributed by atoms with E-state index in [1.165, 1.54) is 4.90 Å². The van der Waals surface area contributed by atoms with Gasteiger partial charge in [0.2, 0.25) is 11.9 Å². The molecule has 0 aliphatic carbocycles. The summed E-state index contributed by atoms with van der Waals surface area (Å²) >= 11 is 0. The van der Waals surface area contributed by atoms with Gasteiger partial charge in [-0.1, -0.05) is 6.07 Å². The van der Waals surface area contributed by atoms with E-state index in [4.69, 9.17) is 10.5 Å². The number of nitrogens with zero attached hydrogens (tertiary/aromatic N) is 6. The molecule has 0 spiro atoms. The number of primary amides is 1. The zero-order valence-corrected chi connectivity index (χ0v) is 21.5. The molecule has 1 aromatic carbocycles. The summed E-state index contributed by atoms with van der Waals surface area (Å²) in [6.45, 7) is 4.69. The summed E-state index contributed by atoms with van der Waals surface area (Å²) in [5.74, 6) is -0.371. The molecule has 4 aromatic rings. The fraction of sp³-hybridized carbons (Fsp3) is 0.308. The molecule has 3 aromatic heterocycles. The van der Waals surface area contributed by atoms with Crippen LogP contribution in [0.15, 0.2) is 42.6 Å². The number of nitrogens with one attached hydrogen (secondary N) is 1. The molecule has 3 amide bonds. The van der Waals surface area contributed by atoms with Crippen LogP contribution >= 0.6 is 0 Å². The molecule has 1 aliphatic heterocycles. The van der Waals surface area contributed by atoms with Crippen LogP contribution in [0, 0.1) is 6.92 Å². The van der Waals surface area contributed by atoms with Gasteiger partial charge in [0, 0.05) is 24.8 Å². The van der Waals surface area contributed by atoms with E-state index in [-0.39, 0.29) is 37.3 Å². The van der Waals surface area contributed by atoms with E-state index in [0.717, 1.165) is 0 Å². The first-order valence-electron chi connectivity index (χ1n) is 12.5. The molecule has 1 atom stereocenters. The largest absolute Gasteiger partial charge is 0.489 e. The van der Waals surface area contributed by atoms with Crippen LogP contribution in [0.3, 0.4) is 0 Å². The highest BCUT2D eigenvalue weighted by molar-refractivity contribution is 6.04. The minimum absolute atomic E-state index is 0.131. The fourth-order valence-corrected chi connectivity index (χ4v) is 4.73. The Hall–Kier alpha value is -4.94. The second-order valence-corrected chi connectivity index (χ2v) is 9.23. The van der Waals surface area contributed by atoms with Gasteiger partial charge in [-0.2, -0.15) is 5.10 Å². The van der Waals surface area contributed by atoms with Crippen molar-refractivity contribution < 1.29 is 24.2 Å². The molecule has 4 heterocycles.